The average molecular weight is 417 g/mol. The Morgan fingerprint density at radius 3 is 2.00 bits per heavy atom. The lowest BCUT2D eigenvalue weighted by atomic mass is 9.97. The van der Waals surface area contributed by atoms with Gasteiger partial charge < -0.3 is 37.6 Å². The summed E-state index contributed by atoms with van der Waals surface area (Å²) in [5.74, 6) is -4.54. The lowest BCUT2D eigenvalue weighted by Gasteiger charge is -2.27. The maximum absolute atomic E-state index is 12.6. The number of aliphatic carboxylic acids is 1. The average Bonchev–Trinajstić information content (AvgIpc) is 2.66. The van der Waals surface area contributed by atoms with E-state index in [9.17, 15) is 29.1 Å². The third-order valence-electron chi connectivity index (χ3n) is 4.38. The standard InChI is InChI=1S/C17H31N5O7/c1-4-8(2)13(22-14(25)10(18)5-6-12(19)24)16(27)21-11(7-23)15(26)20-9(3)17(28)29/h8-11,13,23H,4-7,18H2,1-3H3,(H2,19,24)(H,20,26)(H,21,27)(H,22,25)(H,28,29). The molecule has 0 spiro atoms. The molecule has 166 valence electrons. The van der Waals surface area contributed by atoms with E-state index < -0.39 is 60.4 Å². The fourth-order valence-electron chi connectivity index (χ4n) is 2.22. The number of carbonyl (C=O) groups excluding carboxylic acids is 4. The van der Waals surface area contributed by atoms with Crippen LogP contribution in [0.15, 0.2) is 0 Å². The largest absolute Gasteiger partial charge is 0.480 e. The van der Waals surface area contributed by atoms with E-state index in [1.54, 1.807) is 13.8 Å². The Hall–Kier alpha value is -2.73. The number of rotatable bonds is 13. The maximum atomic E-state index is 12.6. The third-order valence-corrected chi connectivity index (χ3v) is 4.38. The van der Waals surface area contributed by atoms with Gasteiger partial charge in [-0.15, -0.1) is 0 Å². The number of hydrogen-bond acceptors (Lipinski definition) is 7. The zero-order chi connectivity index (χ0) is 22.7. The fourth-order valence-corrected chi connectivity index (χ4v) is 2.22. The molecule has 0 aromatic carbocycles. The molecule has 0 aromatic heterocycles. The molecule has 0 heterocycles. The molecule has 0 aliphatic heterocycles. The first-order chi connectivity index (χ1) is 13.4. The van der Waals surface area contributed by atoms with Crippen LogP contribution in [0.2, 0.25) is 0 Å². The number of nitrogens with one attached hydrogen (secondary N) is 3. The predicted molar refractivity (Wildman–Crippen MR) is 102 cm³/mol. The van der Waals surface area contributed by atoms with Crippen LogP contribution in [0.4, 0.5) is 0 Å². The van der Waals surface area contributed by atoms with Gasteiger partial charge in [-0.1, -0.05) is 20.3 Å². The van der Waals surface area contributed by atoms with Crippen LogP contribution in [0.25, 0.3) is 0 Å². The first-order valence-corrected chi connectivity index (χ1v) is 9.23. The van der Waals surface area contributed by atoms with E-state index in [0.29, 0.717) is 6.42 Å². The Morgan fingerprint density at radius 1 is 0.966 bits per heavy atom. The minimum absolute atomic E-state index is 0.00472. The Bertz CT molecular complexity index is 613. The van der Waals surface area contributed by atoms with Gasteiger partial charge in [0.15, 0.2) is 0 Å². The summed E-state index contributed by atoms with van der Waals surface area (Å²) < 4.78 is 0. The number of primary amides is 1. The second-order valence-corrected chi connectivity index (χ2v) is 6.80. The number of nitrogens with two attached hydrogens (primary N) is 2. The van der Waals surface area contributed by atoms with Gasteiger partial charge in [0.1, 0.15) is 18.1 Å². The molecule has 9 N–H and O–H groups in total. The van der Waals surface area contributed by atoms with Gasteiger partial charge in [-0.25, -0.2) is 0 Å². The first-order valence-electron chi connectivity index (χ1n) is 9.23. The molecule has 12 nitrogen and oxygen atoms in total. The van der Waals surface area contributed by atoms with Crippen molar-refractivity contribution in [2.45, 2.75) is 64.2 Å². The van der Waals surface area contributed by atoms with Crippen LogP contribution in [0.1, 0.15) is 40.0 Å². The van der Waals surface area contributed by atoms with Gasteiger partial charge in [-0.3, -0.25) is 24.0 Å². The van der Waals surface area contributed by atoms with Crippen LogP contribution < -0.4 is 27.4 Å². The molecule has 0 fully saturated rings. The highest BCUT2D eigenvalue weighted by molar-refractivity contribution is 5.94. The SMILES string of the molecule is CCC(C)C(NC(=O)C(N)CCC(N)=O)C(=O)NC(CO)C(=O)NC(C)C(=O)O. The molecule has 0 saturated carbocycles. The number of carboxylic acid groups (broad SMARTS) is 1. The zero-order valence-electron chi connectivity index (χ0n) is 16.8. The van der Waals surface area contributed by atoms with Crippen LogP contribution in [-0.2, 0) is 24.0 Å². The molecular weight excluding hydrogens is 386 g/mol. The van der Waals surface area contributed by atoms with Crippen molar-refractivity contribution in [3.63, 3.8) is 0 Å². The molecule has 12 heteroatoms. The van der Waals surface area contributed by atoms with Crippen molar-refractivity contribution in [3.05, 3.63) is 0 Å². The molecule has 5 atom stereocenters. The van der Waals surface area contributed by atoms with E-state index >= 15 is 0 Å². The van der Waals surface area contributed by atoms with Crippen LogP contribution in [0.3, 0.4) is 0 Å². The van der Waals surface area contributed by atoms with Crippen LogP contribution in [0.5, 0.6) is 0 Å². The highest BCUT2D eigenvalue weighted by atomic mass is 16.4. The smallest absolute Gasteiger partial charge is 0.325 e. The van der Waals surface area contributed by atoms with Crippen LogP contribution in [0, 0.1) is 5.92 Å². The summed E-state index contributed by atoms with van der Waals surface area (Å²) in [5, 5.41) is 25.1. The van der Waals surface area contributed by atoms with Crippen molar-refractivity contribution in [3.8, 4) is 0 Å². The van der Waals surface area contributed by atoms with Crippen LogP contribution >= 0.6 is 0 Å². The lowest BCUT2D eigenvalue weighted by molar-refractivity contribution is -0.142. The lowest BCUT2D eigenvalue weighted by Crippen LogP contribution is -2.59. The van der Waals surface area contributed by atoms with Crippen molar-refractivity contribution in [2.24, 2.45) is 17.4 Å². The second-order valence-electron chi connectivity index (χ2n) is 6.80. The molecule has 5 unspecified atom stereocenters. The summed E-state index contributed by atoms with van der Waals surface area (Å²) in [7, 11) is 0. The minimum Gasteiger partial charge on any atom is -0.480 e. The van der Waals surface area contributed by atoms with Crippen molar-refractivity contribution in [1.82, 2.24) is 16.0 Å². The minimum atomic E-state index is -1.41. The Labute approximate surface area is 168 Å². The van der Waals surface area contributed by atoms with Gasteiger partial charge in [0, 0.05) is 6.42 Å². The van der Waals surface area contributed by atoms with E-state index in [2.05, 4.69) is 16.0 Å². The molecule has 0 aliphatic rings. The van der Waals surface area contributed by atoms with Gasteiger partial charge in [0.2, 0.25) is 23.6 Å². The highest BCUT2D eigenvalue weighted by Gasteiger charge is 2.31. The van der Waals surface area contributed by atoms with E-state index in [0.717, 1.165) is 0 Å². The molecule has 0 radical (unpaired) electrons. The Balaban J connectivity index is 5.14. The molecular formula is C17H31N5O7. The number of carbonyl (C=O) groups is 5. The molecule has 4 amide bonds. The number of hydrogen-bond donors (Lipinski definition) is 7. The normalized spacial score (nSPS) is 15.9. The van der Waals surface area contributed by atoms with Gasteiger partial charge >= 0.3 is 5.97 Å². The monoisotopic (exact) mass is 417 g/mol. The van der Waals surface area contributed by atoms with E-state index in [1.165, 1.54) is 6.92 Å². The molecule has 0 rings (SSSR count). The van der Waals surface area contributed by atoms with Crippen molar-refractivity contribution in [2.75, 3.05) is 6.61 Å². The molecule has 29 heavy (non-hydrogen) atoms. The van der Waals surface area contributed by atoms with Gasteiger partial charge in [0.05, 0.1) is 12.6 Å². The number of amides is 4. The van der Waals surface area contributed by atoms with E-state index in [1.807, 2.05) is 0 Å². The van der Waals surface area contributed by atoms with E-state index in [-0.39, 0.29) is 18.8 Å². The zero-order valence-corrected chi connectivity index (χ0v) is 16.8. The highest BCUT2D eigenvalue weighted by Crippen LogP contribution is 2.09. The number of aliphatic hydroxyl groups excluding tert-OH is 1. The Kier molecular flexibility index (Phi) is 11.5. The molecule has 0 aromatic rings. The number of carboxylic acids is 1. The predicted octanol–water partition coefficient (Wildman–Crippen LogP) is -2.82. The summed E-state index contributed by atoms with van der Waals surface area (Å²) in [4.78, 5) is 58.6. The summed E-state index contributed by atoms with van der Waals surface area (Å²) in [6, 6.07) is -4.75. The van der Waals surface area contributed by atoms with E-state index in [4.69, 9.17) is 16.6 Å². The Morgan fingerprint density at radius 2 is 1.55 bits per heavy atom. The van der Waals surface area contributed by atoms with Gasteiger partial charge in [-0.05, 0) is 19.3 Å². The second kappa shape index (κ2) is 12.7. The fraction of sp³-hybridized carbons (Fsp3) is 0.706. The summed E-state index contributed by atoms with van der Waals surface area (Å²) in [6.45, 7) is 3.93. The van der Waals surface area contributed by atoms with Crippen molar-refractivity contribution < 1.29 is 34.2 Å². The van der Waals surface area contributed by atoms with Crippen LogP contribution in [-0.4, -0.2) is 70.6 Å². The summed E-state index contributed by atoms with van der Waals surface area (Å²) in [6.07, 6.45) is 0.412. The van der Waals surface area contributed by atoms with Gasteiger partial charge in [-0.2, -0.15) is 0 Å². The summed E-state index contributed by atoms with van der Waals surface area (Å²) >= 11 is 0. The van der Waals surface area contributed by atoms with Crippen molar-refractivity contribution in [1.29, 1.82) is 0 Å². The maximum Gasteiger partial charge on any atom is 0.325 e. The van der Waals surface area contributed by atoms with Crippen molar-refractivity contribution >= 4 is 29.6 Å². The quantitative estimate of drug-likeness (QED) is 0.165. The summed E-state index contributed by atoms with van der Waals surface area (Å²) in [5.41, 5.74) is 10.7. The third kappa shape index (κ3) is 9.34. The number of aliphatic hydroxyl groups is 1. The molecule has 0 aliphatic carbocycles. The topological polar surface area (TPSA) is 214 Å². The molecule has 0 bridgehead atoms. The molecule has 0 saturated heterocycles. The first kappa shape index (κ1) is 26.3. The van der Waals surface area contributed by atoms with Gasteiger partial charge in [0.25, 0.3) is 0 Å².